The minimum atomic E-state index is -0.0743. The van der Waals surface area contributed by atoms with E-state index in [1.807, 2.05) is 23.1 Å². The number of ether oxygens (including phenoxy) is 5. The number of piperidine rings is 1. The first kappa shape index (κ1) is 22.0. The Morgan fingerprint density at radius 3 is 2.25 bits per heavy atom. The zero-order valence-electron chi connectivity index (χ0n) is 18.5. The summed E-state index contributed by atoms with van der Waals surface area (Å²) in [4.78, 5) is 19.5. The van der Waals surface area contributed by atoms with Gasteiger partial charge in [0.25, 0.3) is 11.1 Å². The van der Waals surface area contributed by atoms with Crippen LogP contribution in [0.25, 0.3) is 10.2 Å². The monoisotopic (exact) mass is 458 g/mol. The van der Waals surface area contributed by atoms with Crippen molar-refractivity contribution in [2.24, 2.45) is 0 Å². The number of carbonyl (C=O) groups is 1. The molecule has 32 heavy (non-hydrogen) atoms. The molecule has 8 nitrogen and oxygen atoms in total. The third-order valence-electron chi connectivity index (χ3n) is 5.48. The van der Waals surface area contributed by atoms with Gasteiger partial charge in [0.05, 0.1) is 38.7 Å². The molecule has 1 amide bonds. The number of likely N-dealkylation sites (tertiary alicyclic amines) is 1. The van der Waals surface area contributed by atoms with Gasteiger partial charge in [0.15, 0.2) is 11.5 Å². The molecule has 1 aliphatic heterocycles. The van der Waals surface area contributed by atoms with Gasteiger partial charge in [-0.05, 0) is 30.3 Å². The molecule has 170 valence electrons. The van der Waals surface area contributed by atoms with Crippen LogP contribution in [0.1, 0.15) is 23.2 Å². The van der Waals surface area contributed by atoms with Gasteiger partial charge in [-0.3, -0.25) is 4.79 Å². The van der Waals surface area contributed by atoms with Crippen LogP contribution in [0.3, 0.4) is 0 Å². The lowest BCUT2D eigenvalue weighted by Gasteiger charge is -2.31. The third-order valence-corrected chi connectivity index (χ3v) is 6.39. The van der Waals surface area contributed by atoms with Crippen LogP contribution < -0.4 is 23.7 Å². The van der Waals surface area contributed by atoms with E-state index in [0.717, 1.165) is 28.8 Å². The minimum Gasteiger partial charge on any atom is -0.497 e. The van der Waals surface area contributed by atoms with Crippen molar-refractivity contribution < 1.29 is 28.5 Å². The fraction of sp³-hybridized carbons (Fsp3) is 0.391. The van der Waals surface area contributed by atoms with E-state index in [1.54, 1.807) is 19.2 Å². The van der Waals surface area contributed by atoms with Crippen molar-refractivity contribution in [3.8, 4) is 28.2 Å². The highest BCUT2D eigenvalue weighted by atomic mass is 32.1. The number of carbonyl (C=O) groups excluding carboxylic acids is 1. The fourth-order valence-electron chi connectivity index (χ4n) is 3.77. The van der Waals surface area contributed by atoms with Crippen molar-refractivity contribution in [3.05, 3.63) is 35.9 Å². The van der Waals surface area contributed by atoms with Crippen molar-refractivity contribution in [2.45, 2.75) is 18.9 Å². The average molecular weight is 459 g/mol. The van der Waals surface area contributed by atoms with Crippen molar-refractivity contribution in [2.75, 3.05) is 41.5 Å². The number of hydrogen-bond acceptors (Lipinski definition) is 8. The van der Waals surface area contributed by atoms with Crippen LogP contribution >= 0.6 is 11.3 Å². The molecule has 0 saturated carbocycles. The summed E-state index contributed by atoms with van der Waals surface area (Å²) in [6, 6.07) is 9.14. The Hall–Kier alpha value is -3.20. The second-order valence-electron chi connectivity index (χ2n) is 7.34. The molecule has 1 aromatic heterocycles. The number of aromatic nitrogens is 1. The molecule has 0 aliphatic carbocycles. The molecule has 0 bridgehead atoms. The summed E-state index contributed by atoms with van der Waals surface area (Å²) in [5.41, 5.74) is 1.39. The molecular weight excluding hydrogens is 432 g/mol. The SMILES string of the molecule is COc1ccc2nc(OC3CCN(C(=O)c4cc(OC)c(OC)c(OC)c4)CC3)sc2c1. The van der Waals surface area contributed by atoms with Gasteiger partial charge in [-0.25, -0.2) is 4.98 Å². The van der Waals surface area contributed by atoms with E-state index in [-0.39, 0.29) is 12.0 Å². The maximum Gasteiger partial charge on any atom is 0.274 e. The Morgan fingerprint density at radius 2 is 1.66 bits per heavy atom. The maximum atomic E-state index is 13.1. The molecule has 0 atom stereocenters. The van der Waals surface area contributed by atoms with E-state index >= 15 is 0 Å². The average Bonchev–Trinajstić information content (AvgIpc) is 3.24. The second-order valence-corrected chi connectivity index (χ2v) is 8.33. The highest BCUT2D eigenvalue weighted by Crippen LogP contribution is 2.39. The number of methoxy groups -OCH3 is 4. The van der Waals surface area contributed by atoms with Crippen molar-refractivity contribution in [3.63, 3.8) is 0 Å². The smallest absolute Gasteiger partial charge is 0.274 e. The lowest BCUT2D eigenvalue weighted by molar-refractivity contribution is 0.0595. The van der Waals surface area contributed by atoms with E-state index in [0.29, 0.717) is 41.1 Å². The van der Waals surface area contributed by atoms with Gasteiger partial charge in [-0.2, -0.15) is 0 Å². The lowest BCUT2D eigenvalue weighted by atomic mass is 10.1. The van der Waals surface area contributed by atoms with Crippen LogP contribution in [-0.4, -0.2) is 63.4 Å². The molecule has 2 aromatic carbocycles. The van der Waals surface area contributed by atoms with Crippen LogP contribution in [0.15, 0.2) is 30.3 Å². The van der Waals surface area contributed by atoms with Gasteiger partial charge < -0.3 is 28.6 Å². The Kier molecular flexibility index (Phi) is 6.55. The van der Waals surface area contributed by atoms with E-state index in [2.05, 4.69) is 4.98 Å². The molecule has 0 spiro atoms. The minimum absolute atomic E-state index is 0.0152. The predicted octanol–water partition coefficient (Wildman–Crippen LogP) is 4.01. The summed E-state index contributed by atoms with van der Waals surface area (Å²) in [5.74, 6) is 2.11. The molecule has 9 heteroatoms. The summed E-state index contributed by atoms with van der Waals surface area (Å²) in [7, 11) is 6.25. The normalized spacial score (nSPS) is 14.3. The van der Waals surface area contributed by atoms with E-state index in [1.165, 1.54) is 32.7 Å². The van der Waals surface area contributed by atoms with Gasteiger partial charge in [-0.15, -0.1) is 0 Å². The fourth-order valence-corrected chi connectivity index (χ4v) is 4.68. The lowest BCUT2D eigenvalue weighted by Crippen LogP contribution is -2.41. The Bertz CT molecular complexity index is 1080. The summed E-state index contributed by atoms with van der Waals surface area (Å²) in [6.45, 7) is 1.19. The molecule has 4 rings (SSSR count). The molecule has 0 unspecified atom stereocenters. The summed E-state index contributed by atoms with van der Waals surface area (Å²) < 4.78 is 28.5. The van der Waals surface area contributed by atoms with Crippen LogP contribution in [0.4, 0.5) is 0 Å². The van der Waals surface area contributed by atoms with Gasteiger partial charge >= 0.3 is 0 Å². The Morgan fingerprint density at radius 1 is 0.969 bits per heavy atom. The van der Waals surface area contributed by atoms with Gasteiger partial charge in [0.1, 0.15) is 11.9 Å². The molecule has 0 radical (unpaired) electrons. The van der Waals surface area contributed by atoms with E-state index in [4.69, 9.17) is 23.7 Å². The van der Waals surface area contributed by atoms with Gasteiger partial charge in [0, 0.05) is 31.5 Å². The van der Waals surface area contributed by atoms with E-state index in [9.17, 15) is 4.79 Å². The van der Waals surface area contributed by atoms with Crippen LogP contribution in [0, 0.1) is 0 Å². The predicted molar refractivity (Wildman–Crippen MR) is 122 cm³/mol. The topological polar surface area (TPSA) is 79.4 Å². The number of fused-ring (bicyclic) bond motifs is 1. The van der Waals surface area contributed by atoms with Crippen molar-refractivity contribution >= 4 is 27.5 Å². The second kappa shape index (κ2) is 9.52. The molecule has 1 saturated heterocycles. The van der Waals surface area contributed by atoms with Crippen LogP contribution in [0.5, 0.6) is 28.2 Å². The quantitative estimate of drug-likeness (QED) is 0.529. The Labute approximate surface area is 190 Å². The number of nitrogens with zero attached hydrogens (tertiary/aromatic N) is 2. The number of hydrogen-bond donors (Lipinski definition) is 0. The molecule has 1 aliphatic rings. The molecule has 0 N–H and O–H groups in total. The van der Waals surface area contributed by atoms with E-state index < -0.39 is 0 Å². The zero-order valence-corrected chi connectivity index (χ0v) is 19.4. The molecule has 3 aromatic rings. The Balaban J connectivity index is 1.41. The number of benzene rings is 2. The summed E-state index contributed by atoms with van der Waals surface area (Å²) in [5, 5.41) is 0.641. The standard InChI is InChI=1S/C23H26N2O6S/c1-27-16-5-6-17-20(13-16)32-23(24-17)31-15-7-9-25(10-8-15)22(26)14-11-18(28-2)21(30-4)19(12-14)29-3/h5-6,11-13,15H,7-10H2,1-4H3. The highest BCUT2D eigenvalue weighted by molar-refractivity contribution is 7.20. The van der Waals surface area contributed by atoms with Gasteiger partial charge in [0.2, 0.25) is 5.75 Å². The van der Waals surface area contributed by atoms with Crippen molar-refractivity contribution in [1.82, 2.24) is 9.88 Å². The summed E-state index contributed by atoms with van der Waals surface area (Å²) >= 11 is 1.50. The first-order chi connectivity index (χ1) is 15.6. The number of thiazole rings is 1. The summed E-state index contributed by atoms with van der Waals surface area (Å²) in [6.07, 6.45) is 1.48. The number of rotatable bonds is 7. The molecular formula is C23H26N2O6S. The first-order valence-corrected chi connectivity index (χ1v) is 11.1. The first-order valence-electron chi connectivity index (χ1n) is 10.3. The third kappa shape index (κ3) is 4.38. The number of amides is 1. The van der Waals surface area contributed by atoms with Crippen molar-refractivity contribution in [1.29, 1.82) is 0 Å². The highest BCUT2D eigenvalue weighted by Gasteiger charge is 2.27. The molecule has 1 fully saturated rings. The van der Waals surface area contributed by atoms with Crippen LogP contribution in [0.2, 0.25) is 0 Å². The zero-order chi connectivity index (χ0) is 22.7. The maximum absolute atomic E-state index is 13.1. The largest absolute Gasteiger partial charge is 0.497 e. The molecule has 2 heterocycles. The van der Waals surface area contributed by atoms with Gasteiger partial charge in [-0.1, -0.05) is 11.3 Å². The van der Waals surface area contributed by atoms with Crippen LogP contribution in [-0.2, 0) is 0 Å².